The first-order valence-electron chi connectivity index (χ1n) is 5.56. The molecule has 17 heavy (non-hydrogen) atoms. The van der Waals surface area contributed by atoms with Crippen molar-refractivity contribution in [2.24, 2.45) is 4.99 Å². The van der Waals surface area contributed by atoms with Gasteiger partial charge in [0.1, 0.15) is 0 Å². The van der Waals surface area contributed by atoms with Gasteiger partial charge in [0.05, 0.1) is 6.54 Å². The van der Waals surface area contributed by atoms with E-state index < -0.39 is 0 Å². The summed E-state index contributed by atoms with van der Waals surface area (Å²) in [5, 5.41) is 6.38. The number of aliphatic imine (C=N–C) groups is 1. The van der Waals surface area contributed by atoms with Crippen LogP contribution in [0, 0.1) is 0 Å². The van der Waals surface area contributed by atoms with E-state index in [1.165, 1.54) is 0 Å². The van der Waals surface area contributed by atoms with Crippen molar-refractivity contribution in [3.63, 3.8) is 0 Å². The van der Waals surface area contributed by atoms with Crippen LogP contribution in [0.2, 0.25) is 0 Å². The lowest BCUT2D eigenvalue weighted by Crippen LogP contribution is -2.39. The second-order valence-corrected chi connectivity index (χ2v) is 4.96. The molecule has 1 aromatic rings. The highest BCUT2D eigenvalue weighted by Crippen LogP contribution is 2.04. The fourth-order valence-corrected chi connectivity index (χ4v) is 2.01. The Hall–Kier alpha value is -1.30. The highest BCUT2D eigenvalue weighted by Gasteiger charge is 2.11. The van der Waals surface area contributed by atoms with Crippen LogP contribution in [0.4, 0.5) is 0 Å². The van der Waals surface area contributed by atoms with Gasteiger partial charge in [-0.05, 0) is 28.9 Å². The van der Waals surface area contributed by atoms with E-state index in [1.807, 2.05) is 0 Å². The largest absolute Gasteiger partial charge is 0.355 e. The monoisotopic (exact) mass is 298 g/mol. The van der Waals surface area contributed by atoms with Crippen molar-refractivity contribution in [2.45, 2.75) is 19.5 Å². The molecule has 0 saturated carbocycles. The third-order valence-electron chi connectivity index (χ3n) is 2.50. The summed E-state index contributed by atoms with van der Waals surface area (Å²) in [6.07, 6.45) is 1.79. The maximum Gasteiger partial charge on any atom is 0.250 e. The number of nitrogens with one attached hydrogen (secondary N) is 2. The Kier molecular flexibility index (Phi) is 3.83. The normalized spacial score (nSPS) is 18.7. The minimum Gasteiger partial charge on any atom is -0.355 e. The van der Waals surface area contributed by atoms with Crippen molar-refractivity contribution < 1.29 is 0 Å². The number of rotatable bonds is 3. The van der Waals surface area contributed by atoms with E-state index in [0.717, 1.165) is 17.0 Å². The van der Waals surface area contributed by atoms with Crippen molar-refractivity contribution in [3.8, 4) is 0 Å². The molecular formula is C11H15BrN4O. The number of pyridine rings is 1. The van der Waals surface area contributed by atoms with Crippen molar-refractivity contribution in [2.75, 3.05) is 13.1 Å². The summed E-state index contributed by atoms with van der Waals surface area (Å²) in [5.74, 6) is 0.820. The SMILES string of the molecule is CC1CN=C(NCCn2cc(Br)ccc2=O)N1. The van der Waals surface area contributed by atoms with Gasteiger partial charge in [-0.3, -0.25) is 9.79 Å². The van der Waals surface area contributed by atoms with E-state index in [2.05, 4.69) is 38.5 Å². The fourth-order valence-electron chi connectivity index (χ4n) is 1.63. The van der Waals surface area contributed by atoms with E-state index in [4.69, 9.17) is 0 Å². The minimum absolute atomic E-state index is 0.00434. The number of hydrogen-bond acceptors (Lipinski definition) is 4. The lowest BCUT2D eigenvalue weighted by molar-refractivity contribution is 0.640. The van der Waals surface area contributed by atoms with E-state index in [-0.39, 0.29) is 5.56 Å². The van der Waals surface area contributed by atoms with Crippen LogP contribution in [0.3, 0.4) is 0 Å². The number of aromatic nitrogens is 1. The lowest BCUT2D eigenvalue weighted by atomic mass is 10.4. The summed E-state index contributed by atoms with van der Waals surface area (Å²) >= 11 is 3.35. The van der Waals surface area contributed by atoms with E-state index in [9.17, 15) is 4.79 Å². The molecule has 0 spiro atoms. The fraction of sp³-hybridized carbons (Fsp3) is 0.455. The molecule has 1 aromatic heterocycles. The smallest absolute Gasteiger partial charge is 0.250 e. The molecule has 1 aliphatic rings. The zero-order valence-corrected chi connectivity index (χ0v) is 11.2. The van der Waals surface area contributed by atoms with E-state index in [0.29, 0.717) is 19.1 Å². The first-order chi connectivity index (χ1) is 8.15. The zero-order chi connectivity index (χ0) is 12.3. The lowest BCUT2D eigenvalue weighted by Gasteiger charge is -2.10. The van der Waals surface area contributed by atoms with Gasteiger partial charge in [0.2, 0.25) is 0 Å². The van der Waals surface area contributed by atoms with Crippen LogP contribution in [0.15, 0.2) is 32.6 Å². The highest BCUT2D eigenvalue weighted by molar-refractivity contribution is 9.10. The highest BCUT2D eigenvalue weighted by atomic mass is 79.9. The molecule has 92 valence electrons. The molecular weight excluding hydrogens is 284 g/mol. The van der Waals surface area contributed by atoms with Gasteiger partial charge in [-0.1, -0.05) is 0 Å². The number of hydrogen-bond donors (Lipinski definition) is 2. The number of nitrogens with zero attached hydrogens (tertiary/aromatic N) is 2. The second-order valence-electron chi connectivity index (χ2n) is 4.04. The Morgan fingerprint density at radius 2 is 2.47 bits per heavy atom. The quantitative estimate of drug-likeness (QED) is 0.857. The summed E-state index contributed by atoms with van der Waals surface area (Å²) < 4.78 is 2.57. The molecule has 1 aliphatic heterocycles. The molecule has 6 heteroatoms. The zero-order valence-electron chi connectivity index (χ0n) is 9.61. The molecule has 0 bridgehead atoms. The molecule has 5 nitrogen and oxygen atoms in total. The third-order valence-corrected chi connectivity index (χ3v) is 2.97. The summed E-state index contributed by atoms with van der Waals surface area (Å²) in [7, 11) is 0. The van der Waals surface area contributed by atoms with Gasteiger partial charge in [-0.25, -0.2) is 0 Å². The van der Waals surface area contributed by atoms with Gasteiger partial charge in [0.15, 0.2) is 5.96 Å². The Labute approximate surface area is 108 Å². The predicted octanol–water partition coefficient (Wildman–Crippen LogP) is 0.548. The molecule has 2 rings (SSSR count). The average Bonchev–Trinajstić information content (AvgIpc) is 2.69. The summed E-state index contributed by atoms with van der Waals surface area (Å²) in [6.45, 7) is 4.18. The Morgan fingerprint density at radius 3 is 3.18 bits per heavy atom. The predicted molar refractivity (Wildman–Crippen MR) is 71.3 cm³/mol. The standard InChI is InChI=1S/C11H15BrN4O/c1-8-6-14-11(15-8)13-4-5-16-7-9(12)2-3-10(16)17/h2-3,7-8H,4-6H2,1H3,(H2,13,14,15). The third kappa shape index (κ3) is 3.33. The first kappa shape index (κ1) is 12.2. The van der Waals surface area contributed by atoms with Crippen LogP contribution >= 0.6 is 15.9 Å². The van der Waals surface area contributed by atoms with Gasteiger partial charge in [-0.2, -0.15) is 0 Å². The summed E-state index contributed by atoms with van der Waals surface area (Å²) in [6, 6.07) is 3.69. The Bertz CT molecular complexity index is 483. The molecule has 0 radical (unpaired) electrons. The van der Waals surface area contributed by atoms with Crippen LogP contribution in [0.25, 0.3) is 0 Å². The molecule has 0 fully saturated rings. The maximum absolute atomic E-state index is 11.5. The van der Waals surface area contributed by atoms with Crippen LogP contribution in [0.1, 0.15) is 6.92 Å². The van der Waals surface area contributed by atoms with Crippen LogP contribution in [-0.2, 0) is 6.54 Å². The van der Waals surface area contributed by atoms with E-state index >= 15 is 0 Å². The van der Waals surface area contributed by atoms with E-state index in [1.54, 1.807) is 22.9 Å². The number of halogens is 1. The molecule has 0 aromatic carbocycles. The molecule has 1 unspecified atom stereocenters. The van der Waals surface area contributed by atoms with Gasteiger partial charge < -0.3 is 15.2 Å². The molecule has 0 amide bonds. The van der Waals surface area contributed by atoms with Gasteiger partial charge in [0, 0.05) is 35.9 Å². The molecule has 2 N–H and O–H groups in total. The van der Waals surface area contributed by atoms with Crippen molar-refractivity contribution in [3.05, 3.63) is 33.2 Å². The van der Waals surface area contributed by atoms with Gasteiger partial charge >= 0.3 is 0 Å². The second kappa shape index (κ2) is 5.35. The minimum atomic E-state index is 0.00434. The van der Waals surface area contributed by atoms with Gasteiger partial charge in [0.25, 0.3) is 5.56 Å². The Balaban J connectivity index is 1.86. The van der Waals surface area contributed by atoms with Crippen LogP contribution < -0.4 is 16.2 Å². The van der Waals surface area contributed by atoms with Crippen LogP contribution in [-0.4, -0.2) is 29.7 Å². The summed E-state index contributed by atoms with van der Waals surface area (Å²) in [4.78, 5) is 15.8. The molecule has 2 heterocycles. The molecule has 0 saturated heterocycles. The van der Waals surface area contributed by atoms with Gasteiger partial charge in [-0.15, -0.1) is 0 Å². The molecule has 1 atom stereocenters. The topological polar surface area (TPSA) is 58.4 Å². The van der Waals surface area contributed by atoms with Crippen molar-refractivity contribution in [1.29, 1.82) is 0 Å². The Morgan fingerprint density at radius 1 is 1.65 bits per heavy atom. The van der Waals surface area contributed by atoms with Crippen LogP contribution in [0.5, 0.6) is 0 Å². The maximum atomic E-state index is 11.5. The number of guanidine groups is 1. The average molecular weight is 299 g/mol. The van der Waals surface area contributed by atoms with Crippen molar-refractivity contribution in [1.82, 2.24) is 15.2 Å². The first-order valence-corrected chi connectivity index (χ1v) is 6.35. The van der Waals surface area contributed by atoms with Crippen molar-refractivity contribution >= 4 is 21.9 Å². The molecule has 0 aliphatic carbocycles. The summed E-state index contributed by atoms with van der Waals surface area (Å²) in [5.41, 5.74) is 0.00434.